The molecule has 0 radical (unpaired) electrons. The van der Waals surface area contributed by atoms with Gasteiger partial charge in [0.2, 0.25) is 5.95 Å². The van der Waals surface area contributed by atoms with Crippen molar-refractivity contribution in [1.82, 2.24) is 24.5 Å². The lowest BCUT2D eigenvalue weighted by Crippen LogP contribution is -2.15. The Hall–Kier alpha value is -2.78. The number of rotatable bonds is 7. The van der Waals surface area contributed by atoms with Crippen molar-refractivity contribution < 1.29 is 9.53 Å². The van der Waals surface area contributed by atoms with Crippen LogP contribution in [0.25, 0.3) is 0 Å². The summed E-state index contributed by atoms with van der Waals surface area (Å²) in [6, 6.07) is 11.7. The molecule has 0 fully saturated rings. The minimum atomic E-state index is -0.458. The SMILES string of the molecule is O=C(Nc1ncn(Cc2ccc(Cl)c(Cl)c2)n1)c1ccn(COc2ccc(Cl)cc2Cl)n1. The third kappa shape index (κ3) is 5.52. The van der Waals surface area contributed by atoms with E-state index in [1.165, 1.54) is 11.0 Å². The van der Waals surface area contributed by atoms with Crippen molar-refractivity contribution in [3.05, 3.63) is 86.3 Å². The van der Waals surface area contributed by atoms with Crippen molar-refractivity contribution in [3.63, 3.8) is 0 Å². The number of amides is 1. The topological polar surface area (TPSA) is 86.9 Å². The minimum Gasteiger partial charge on any atom is -0.470 e. The number of anilines is 1. The van der Waals surface area contributed by atoms with E-state index >= 15 is 0 Å². The zero-order chi connectivity index (χ0) is 22.7. The molecule has 0 aliphatic heterocycles. The Bertz CT molecular complexity index is 1270. The minimum absolute atomic E-state index is 0.0607. The molecule has 32 heavy (non-hydrogen) atoms. The van der Waals surface area contributed by atoms with Gasteiger partial charge in [0.05, 0.1) is 21.6 Å². The third-order valence-electron chi connectivity index (χ3n) is 4.21. The molecule has 4 rings (SSSR count). The number of aromatic nitrogens is 5. The number of ether oxygens (including phenoxy) is 1. The smallest absolute Gasteiger partial charge is 0.278 e. The number of halogens is 4. The van der Waals surface area contributed by atoms with Crippen molar-refractivity contribution in [1.29, 1.82) is 0 Å². The number of carbonyl (C=O) groups is 1. The summed E-state index contributed by atoms with van der Waals surface area (Å²) in [5.74, 6) is 0.142. The van der Waals surface area contributed by atoms with Crippen LogP contribution in [0.4, 0.5) is 5.95 Å². The molecule has 0 saturated heterocycles. The Morgan fingerprint density at radius 2 is 1.78 bits per heavy atom. The zero-order valence-electron chi connectivity index (χ0n) is 16.2. The van der Waals surface area contributed by atoms with Gasteiger partial charge in [-0.1, -0.05) is 52.5 Å². The van der Waals surface area contributed by atoms with Gasteiger partial charge in [-0.05, 0) is 42.0 Å². The van der Waals surface area contributed by atoms with E-state index in [1.54, 1.807) is 47.3 Å². The molecule has 0 spiro atoms. The summed E-state index contributed by atoms with van der Waals surface area (Å²) in [6.07, 6.45) is 3.11. The van der Waals surface area contributed by atoms with Crippen LogP contribution in [-0.4, -0.2) is 30.5 Å². The van der Waals surface area contributed by atoms with Crippen molar-refractivity contribution in [3.8, 4) is 5.75 Å². The molecule has 0 bridgehead atoms. The first kappa shape index (κ1) is 22.4. The van der Waals surface area contributed by atoms with E-state index in [9.17, 15) is 4.79 Å². The van der Waals surface area contributed by atoms with Crippen LogP contribution in [0.1, 0.15) is 16.1 Å². The molecule has 0 aliphatic carbocycles. The zero-order valence-corrected chi connectivity index (χ0v) is 19.2. The highest BCUT2D eigenvalue weighted by Crippen LogP contribution is 2.27. The van der Waals surface area contributed by atoms with Crippen molar-refractivity contribution in [2.45, 2.75) is 13.3 Å². The molecule has 2 heterocycles. The number of nitrogens with zero attached hydrogens (tertiary/aromatic N) is 5. The van der Waals surface area contributed by atoms with Crippen LogP contribution in [0, 0.1) is 0 Å². The third-order valence-corrected chi connectivity index (χ3v) is 5.48. The average Bonchev–Trinajstić information content (AvgIpc) is 3.40. The molecule has 1 amide bonds. The van der Waals surface area contributed by atoms with E-state index in [2.05, 4.69) is 20.5 Å². The van der Waals surface area contributed by atoms with E-state index in [4.69, 9.17) is 51.1 Å². The first-order chi connectivity index (χ1) is 15.4. The molecule has 0 saturated carbocycles. The second-order valence-electron chi connectivity index (χ2n) is 6.56. The van der Waals surface area contributed by atoms with Crippen LogP contribution >= 0.6 is 46.4 Å². The standard InChI is InChI=1S/C20H14Cl4N6O2/c21-13-2-4-18(16(24)8-13)32-11-29-6-5-17(27-29)19(31)26-20-25-10-30(28-20)9-12-1-3-14(22)15(23)7-12/h1-8,10H,9,11H2,(H,26,28,31). The second kappa shape index (κ2) is 9.79. The Morgan fingerprint density at radius 1 is 0.938 bits per heavy atom. The quantitative estimate of drug-likeness (QED) is 0.357. The number of carbonyl (C=O) groups excluding carboxylic acids is 1. The van der Waals surface area contributed by atoms with Crippen LogP contribution in [0.5, 0.6) is 5.75 Å². The molecule has 2 aromatic heterocycles. The highest BCUT2D eigenvalue weighted by molar-refractivity contribution is 6.42. The van der Waals surface area contributed by atoms with Crippen LogP contribution in [0.15, 0.2) is 55.0 Å². The van der Waals surface area contributed by atoms with Crippen LogP contribution < -0.4 is 10.1 Å². The monoisotopic (exact) mass is 510 g/mol. The largest absolute Gasteiger partial charge is 0.470 e. The summed E-state index contributed by atoms with van der Waals surface area (Å²) in [5.41, 5.74) is 1.07. The summed E-state index contributed by atoms with van der Waals surface area (Å²) < 4.78 is 8.62. The molecule has 8 nitrogen and oxygen atoms in total. The molecular formula is C20H14Cl4N6O2. The molecule has 1 N–H and O–H groups in total. The summed E-state index contributed by atoms with van der Waals surface area (Å²) in [5, 5.41) is 12.8. The fourth-order valence-electron chi connectivity index (χ4n) is 2.70. The van der Waals surface area contributed by atoms with Gasteiger partial charge in [-0.25, -0.2) is 14.3 Å². The molecule has 12 heteroatoms. The lowest BCUT2D eigenvalue weighted by molar-refractivity contribution is 0.101. The summed E-state index contributed by atoms with van der Waals surface area (Å²) in [4.78, 5) is 16.6. The van der Waals surface area contributed by atoms with Gasteiger partial charge in [0, 0.05) is 11.2 Å². The van der Waals surface area contributed by atoms with Gasteiger partial charge in [-0.3, -0.25) is 10.1 Å². The molecule has 0 unspecified atom stereocenters. The van der Waals surface area contributed by atoms with E-state index in [1.807, 2.05) is 6.07 Å². The molecule has 0 aliphatic rings. The number of hydrogen-bond donors (Lipinski definition) is 1. The predicted octanol–water partition coefficient (Wildman–Crippen LogP) is 5.43. The molecule has 0 atom stereocenters. The van der Waals surface area contributed by atoms with Crippen LogP contribution in [0.2, 0.25) is 20.1 Å². The van der Waals surface area contributed by atoms with Crippen LogP contribution in [-0.2, 0) is 13.3 Å². The Kier molecular flexibility index (Phi) is 6.86. The molecule has 4 aromatic rings. The maximum absolute atomic E-state index is 12.5. The van der Waals surface area contributed by atoms with Crippen molar-refractivity contribution in [2.24, 2.45) is 0 Å². The van der Waals surface area contributed by atoms with Gasteiger partial charge >= 0.3 is 0 Å². The van der Waals surface area contributed by atoms with Gasteiger partial charge in [-0.15, -0.1) is 5.10 Å². The first-order valence-corrected chi connectivity index (χ1v) is 10.6. The van der Waals surface area contributed by atoms with Crippen molar-refractivity contribution >= 4 is 58.3 Å². The Balaban J connectivity index is 1.34. The highest BCUT2D eigenvalue weighted by Gasteiger charge is 2.13. The summed E-state index contributed by atoms with van der Waals surface area (Å²) in [7, 11) is 0. The molecule has 2 aromatic carbocycles. The summed E-state index contributed by atoms with van der Waals surface area (Å²) >= 11 is 23.9. The lowest BCUT2D eigenvalue weighted by atomic mass is 10.2. The number of hydrogen-bond acceptors (Lipinski definition) is 5. The first-order valence-electron chi connectivity index (χ1n) is 9.13. The van der Waals surface area contributed by atoms with E-state index < -0.39 is 5.91 Å². The molecule has 164 valence electrons. The Morgan fingerprint density at radius 3 is 2.56 bits per heavy atom. The maximum Gasteiger partial charge on any atom is 0.278 e. The average molecular weight is 512 g/mol. The predicted molar refractivity (Wildman–Crippen MR) is 123 cm³/mol. The van der Waals surface area contributed by atoms with Crippen molar-refractivity contribution in [2.75, 3.05) is 5.32 Å². The van der Waals surface area contributed by atoms with Gasteiger partial charge < -0.3 is 4.74 Å². The van der Waals surface area contributed by atoms with E-state index in [0.717, 1.165) is 5.56 Å². The lowest BCUT2D eigenvalue weighted by Gasteiger charge is -2.08. The molecular weight excluding hydrogens is 498 g/mol. The van der Waals surface area contributed by atoms with E-state index in [0.29, 0.717) is 32.4 Å². The fourth-order valence-corrected chi connectivity index (χ4v) is 3.49. The van der Waals surface area contributed by atoms with Gasteiger partial charge in [0.1, 0.15) is 12.1 Å². The van der Waals surface area contributed by atoms with Gasteiger partial charge in [0.25, 0.3) is 5.91 Å². The second-order valence-corrected chi connectivity index (χ2v) is 8.22. The van der Waals surface area contributed by atoms with Crippen LogP contribution in [0.3, 0.4) is 0 Å². The highest BCUT2D eigenvalue weighted by atomic mass is 35.5. The van der Waals surface area contributed by atoms with Gasteiger partial charge in [-0.2, -0.15) is 5.10 Å². The normalized spacial score (nSPS) is 10.9. The number of nitrogens with one attached hydrogen (secondary N) is 1. The summed E-state index contributed by atoms with van der Waals surface area (Å²) in [6.45, 7) is 0.476. The van der Waals surface area contributed by atoms with Gasteiger partial charge in [0.15, 0.2) is 12.4 Å². The Labute approximate surface area is 202 Å². The number of benzene rings is 2. The fraction of sp³-hybridized carbons (Fsp3) is 0.100. The van der Waals surface area contributed by atoms with E-state index in [-0.39, 0.29) is 18.4 Å². The maximum atomic E-state index is 12.5.